The molecule has 0 bridgehead atoms. The van der Waals surface area contributed by atoms with Gasteiger partial charge in [0.1, 0.15) is 0 Å². The third kappa shape index (κ3) is 1.80. The smallest absolute Gasteiger partial charge is 0.244 e. The van der Waals surface area contributed by atoms with E-state index in [0.29, 0.717) is 6.61 Å². The fourth-order valence-electron chi connectivity index (χ4n) is 1.44. The molecule has 3 nitrogen and oxygen atoms in total. The number of ether oxygens (including phenoxy) is 1. The van der Waals surface area contributed by atoms with Crippen LogP contribution in [0.15, 0.2) is 11.1 Å². The first-order chi connectivity index (χ1) is 5.25. The molecule has 1 aliphatic rings. The highest BCUT2D eigenvalue weighted by molar-refractivity contribution is 5.93. The highest BCUT2D eigenvalue weighted by Gasteiger charge is 2.17. The third-order valence-corrected chi connectivity index (χ3v) is 1.95. The molecule has 0 spiro atoms. The van der Waals surface area contributed by atoms with E-state index in [2.05, 4.69) is 0 Å². The number of hydrogen-bond acceptors (Lipinski definition) is 2. The normalized spacial score (nSPS) is 17.5. The molecule has 0 saturated heterocycles. The molecule has 0 aromatic rings. The number of methoxy groups -OCH3 is 1. The molecule has 62 valence electrons. The van der Waals surface area contributed by atoms with Gasteiger partial charge in [0, 0.05) is 12.7 Å². The molecular weight excluding hydrogens is 142 g/mol. The maximum atomic E-state index is 10.8. The Morgan fingerprint density at radius 1 is 1.64 bits per heavy atom. The number of amides is 1. The van der Waals surface area contributed by atoms with Crippen molar-refractivity contribution in [2.24, 2.45) is 5.73 Å². The topological polar surface area (TPSA) is 52.3 Å². The summed E-state index contributed by atoms with van der Waals surface area (Å²) in [7, 11) is 1.63. The van der Waals surface area contributed by atoms with Gasteiger partial charge in [0.05, 0.1) is 6.61 Å². The molecule has 0 aliphatic heterocycles. The first-order valence-corrected chi connectivity index (χ1v) is 3.75. The molecule has 0 fully saturated rings. The van der Waals surface area contributed by atoms with Crippen LogP contribution >= 0.6 is 0 Å². The summed E-state index contributed by atoms with van der Waals surface area (Å²) < 4.78 is 4.94. The van der Waals surface area contributed by atoms with E-state index < -0.39 is 0 Å². The van der Waals surface area contributed by atoms with E-state index in [1.165, 1.54) is 0 Å². The Bertz CT molecular complexity index is 196. The molecule has 2 N–H and O–H groups in total. The van der Waals surface area contributed by atoms with Gasteiger partial charge < -0.3 is 10.5 Å². The van der Waals surface area contributed by atoms with Gasteiger partial charge in [-0.2, -0.15) is 0 Å². The molecule has 0 heterocycles. The zero-order chi connectivity index (χ0) is 8.27. The molecule has 0 saturated carbocycles. The quantitative estimate of drug-likeness (QED) is 0.648. The van der Waals surface area contributed by atoms with Crippen molar-refractivity contribution in [1.29, 1.82) is 0 Å². The van der Waals surface area contributed by atoms with Gasteiger partial charge in [-0.25, -0.2) is 0 Å². The number of carbonyl (C=O) groups is 1. The van der Waals surface area contributed by atoms with Crippen LogP contribution in [0.4, 0.5) is 0 Å². The first kappa shape index (κ1) is 8.27. The second-order valence-corrected chi connectivity index (χ2v) is 2.73. The number of hydrogen-bond donors (Lipinski definition) is 1. The molecule has 1 amide bonds. The average molecular weight is 155 g/mol. The molecule has 3 heteroatoms. The highest BCUT2D eigenvalue weighted by atomic mass is 16.5. The summed E-state index contributed by atoms with van der Waals surface area (Å²) in [4.78, 5) is 10.8. The summed E-state index contributed by atoms with van der Waals surface area (Å²) in [5.74, 6) is -0.283. The van der Waals surface area contributed by atoms with Crippen LogP contribution in [-0.2, 0) is 9.53 Å². The molecule has 11 heavy (non-hydrogen) atoms. The fourth-order valence-corrected chi connectivity index (χ4v) is 1.44. The van der Waals surface area contributed by atoms with Crippen LogP contribution in [0.3, 0.4) is 0 Å². The summed E-state index contributed by atoms with van der Waals surface area (Å²) >= 11 is 0. The van der Waals surface area contributed by atoms with Crippen molar-refractivity contribution < 1.29 is 9.53 Å². The minimum atomic E-state index is -0.283. The van der Waals surface area contributed by atoms with E-state index in [-0.39, 0.29) is 5.91 Å². The molecule has 1 rings (SSSR count). The summed E-state index contributed by atoms with van der Waals surface area (Å²) in [6.45, 7) is 0.554. The van der Waals surface area contributed by atoms with Gasteiger partial charge >= 0.3 is 0 Å². The maximum absolute atomic E-state index is 10.8. The maximum Gasteiger partial charge on any atom is 0.244 e. The van der Waals surface area contributed by atoms with Gasteiger partial charge in [-0.15, -0.1) is 0 Å². The average Bonchev–Trinajstić information content (AvgIpc) is 2.36. The van der Waals surface area contributed by atoms with Gasteiger partial charge in [0.2, 0.25) is 5.91 Å². The summed E-state index contributed by atoms with van der Waals surface area (Å²) in [6.07, 6.45) is 2.83. The second kappa shape index (κ2) is 3.53. The standard InChI is InChI=1S/C8H13NO2/c1-11-5-6-3-2-4-7(6)8(9)10/h2-5H2,1H3,(H2,9,10). The Morgan fingerprint density at radius 2 is 2.36 bits per heavy atom. The Balaban J connectivity index is 2.69. The summed E-state index contributed by atoms with van der Waals surface area (Å²) in [5.41, 5.74) is 7.03. The zero-order valence-corrected chi connectivity index (χ0v) is 6.72. The van der Waals surface area contributed by atoms with Crippen LogP contribution in [-0.4, -0.2) is 19.6 Å². The lowest BCUT2D eigenvalue weighted by atomic mass is 10.1. The summed E-state index contributed by atoms with van der Waals surface area (Å²) in [5, 5.41) is 0. The van der Waals surface area contributed by atoms with Gasteiger partial charge in [-0.3, -0.25) is 4.79 Å². The Hall–Kier alpha value is -0.830. The SMILES string of the molecule is COCC1=C(C(N)=O)CCC1. The number of rotatable bonds is 3. The Morgan fingerprint density at radius 3 is 2.91 bits per heavy atom. The van der Waals surface area contributed by atoms with Crippen molar-refractivity contribution in [3.05, 3.63) is 11.1 Å². The minimum Gasteiger partial charge on any atom is -0.380 e. The molecule has 0 radical (unpaired) electrons. The number of primary amides is 1. The number of carbonyl (C=O) groups excluding carboxylic acids is 1. The second-order valence-electron chi connectivity index (χ2n) is 2.73. The Labute approximate surface area is 66.2 Å². The largest absolute Gasteiger partial charge is 0.380 e. The van der Waals surface area contributed by atoms with Gasteiger partial charge in [-0.1, -0.05) is 0 Å². The molecule has 0 aromatic heterocycles. The van der Waals surface area contributed by atoms with Crippen LogP contribution < -0.4 is 5.73 Å². The van der Waals surface area contributed by atoms with Crippen molar-refractivity contribution in [3.8, 4) is 0 Å². The molecular formula is C8H13NO2. The van der Waals surface area contributed by atoms with Crippen molar-refractivity contribution in [2.75, 3.05) is 13.7 Å². The van der Waals surface area contributed by atoms with E-state index in [1.54, 1.807) is 7.11 Å². The van der Waals surface area contributed by atoms with Crippen molar-refractivity contribution in [2.45, 2.75) is 19.3 Å². The van der Waals surface area contributed by atoms with Crippen molar-refractivity contribution in [1.82, 2.24) is 0 Å². The lowest BCUT2D eigenvalue weighted by Gasteiger charge is -2.01. The highest BCUT2D eigenvalue weighted by Crippen LogP contribution is 2.25. The molecule has 0 unspecified atom stereocenters. The Kier molecular flexibility index (Phi) is 2.65. The van der Waals surface area contributed by atoms with Crippen molar-refractivity contribution in [3.63, 3.8) is 0 Å². The lowest BCUT2D eigenvalue weighted by molar-refractivity contribution is -0.114. The first-order valence-electron chi connectivity index (χ1n) is 3.75. The van der Waals surface area contributed by atoms with Crippen molar-refractivity contribution >= 4 is 5.91 Å². The summed E-state index contributed by atoms with van der Waals surface area (Å²) in [6, 6.07) is 0. The van der Waals surface area contributed by atoms with Crippen LogP contribution in [0, 0.1) is 0 Å². The monoisotopic (exact) mass is 155 g/mol. The van der Waals surface area contributed by atoms with E-state index in [0.717, 1.165) is 30.4 Å². The van der Waals surface area contributed by atoms with Crippen LogP contribution in [0.25, 0.3) is 0 Å². The van der Waals surface area contributed by atoms with E-state index in [9.17, 15) is 4.79 Å². The predicted octanol–water partition coefficient (Wildman–Crippen LogP) is 0.599. The molecule has 1 aliphatic carbocycles. The van der Waals surface area contributed by atoms with Crippen LogP contribution in [0.5, 0.6) is 0 Å². The van der Waals surface area contributed by atoms with Gasteiger partial charge in [-0.05, 0) is 24.8 Å². The third-order valence-electron chi connectivity index (χ3n) is 1.95. The predicted molar refractivity (Wildman–Crippen MR) is 41.9 cm³/mol. The van der Waals surface area contributed by atoms with E-state index >= 15 is 0 Å². The van der Waals surface area contributed by atoms with Crippen LogP contribution in [0.2, 0.25) is 0 Å². The number of nitrogens with two attached hydrogens (primary N) is 1. The molecule has 0 aromatic carbocycles. The lowest BCUT2D eigenvalue weighted by Crippen LogP contribution is -2.14. The minimum absolute atomic E-state index is 0.283. The fraction of sp³-hybridized carbons (Fsp3) is 0.625. The van der Waals surface area contributed by atoms with Gasteiger partial charge in [0.25, 0.3) is 0 Å². The molecule has 0 atom stereocenters. The van der Waals surface area contributed by atoms with Crippen LogP contribution in [0.1, 0.15) is 19.3 Å². The van der Waals surface area contributed by atoms with E-state index in [1.807, 2.05) is 0 Å². The zero-order valence-electron chi connectivity index (χ0n) is 6.72. The van der Waals surface area contributed by atoms with Gasteiger partial charge in [0.15, 0.2) is 0 Å². The van der Waals surface area contributed by atoms with E-state index in [4.69, 9.17) is 10.5 Å².